The van der Waals surface area contributed by atoms with Crippen molar-refractivity contribution in [2.45, 2.75) is 6.36 Å². The average molecular weight is 289 g/mol. The number of aromatic amines is 1. The summed E-state index contributed by atoms with van der Waals surface area (Å²) in [5.74, 6) is -0.859. The minimum Gasteiger partial charge on any atom is -0.406 e. The van der Waals surface area contributed by atoms with E-state index >= 15 is 0 Å². The summed E-state index contributed by atoms with van der Waals surface area (Å²) < 4.78 is 53.1. The lowest BCUT2D eigenvalue weighted by Gasteiger charge is -2.09. The van der Waals surface area contributed by atoms with E-state index in [-0.39, 0.29) is 5.75 Å². The monoisotopic (exact) mass is 289 g/mol. The Morgan fingerprint density at radius 1 is 1.11 bits per heavy atom. The van der Waals surface area contributed by atoms with Gasteiger partial charge in [0.15, 0.2) is 0 Å². The van der Waals surface area contributed by atoms with E-state index in [0.717, 1.165) is 18.3 Å². The molecule has 0 aliphatic heterocycles. The van der Waals surface area contributed by atoms with Crippen molar-refractivity contribution in [1.82, 2.24) is 4.98 Å². The Hall–Kier alpha value is -1.89. The summed E-state index contributed by atoms with van der Waals surface area (Å²) in [6.45, 7) is 0. The zero-order chi connectivity index (χ0) is 14.0. The third-order valence-corrected chi connectivity index (χ3v) is 2.60. The molecule has 1 N–H and O–H groups in total. The van der Waals surface area contributed by atoms with Crippen LogP contribution in [0.5, 0.6) is 5.75 Å². The summed E-state index contributed by atoms with van der Waals surface area (Å²) in [5, 5.41) is 0. The van der Waals surface area contributed by atoms with Crippen LogP contribution in [-0.2, 0) is 0 Å². The van der Waals surface area contributed by atoms with Crippen LogP contribution in [0.2, 0.25) is 0 Å². The highest BCUT2D eigenvalue weighted by molar-refractivity contribution is 7.71. The summed E-state index contributed by atoms with van der Waals surface area (Å²) in [4.78, 5) is 2.55. The molecule has 1 aromatic heterocycles. The molecule has 2 rings (SSSR count). The van der Waals surface area contributed by atoms with Gasteiger partial charge in [0.2, 0.25) is 0 Å². The standard InChI is InChI=1S/C12H7F4NOS/c13-8-5-10(11(19)17-6-8)7-1-3-9(4-2-7)18-12(14,15)16/h1-6H,(H,17,19). The molecule has 0 bridgehead atoms. The van der Waals surface area contributed by atoms with Gasteiger partial charge in [0.25, 0.3) is 0 Å². The number of nitrogens with one attached hydrogen (secondary N) is 1. The van der Waals surface area contributed by atoms with Gasteiger partial charge in [-0.2, -0.15) is 0 Å². The third-order valence-electron chi connectivity index (χ3n) is 2.27. The normalized spacial score (nSPS) is 11.4. The molecular formula is C12H7F4NOS. The number of aromatic nitrogens is 1. The second-order valence-electron chi connectivity index (χ2n) is 3.63. The van der Waals surface area contributed by atoms with Crippen molar-refractivity contribution in [3.05, 3.63) is 47.0 Å². The average Bonchev–Trinajstić information content (AvgIpc) is 2.31. The van der Waals surface area contributed by atoms with Gasteiger partial charge in [-0.15, -0.1) is 13.2 Å². The molecule has 0 radical (unpaired) electrons. The Kier molecular flexibility index (Phi) is 3.57. The first-order valence-electron chi connectivity index (χ1n) is 5.09. The maximum atomic E-state index is 13.1. The second-order valence-corrected chi connectivity index (χ2v) is 4.04. The summed E-state index contributed by atoms with van der Waals surface area (Å²) in [5.41, 5.74) is 0.892. The predicted octanol–water partition coefficient (Wildman–Crippen LogP) is 4.45. The topological polar surface area (TPSA) is 25.0 Å². The lowest BCUT2D eigenvalue weighted by Crippen LogP contribution is -2.16. The highest BCUT2D eigenvalue weighted by Gasteiger charge is 2.30. The highest BCUT2D eigenvalue weighted by atomic mass is 32.1. The maximum Gasteiger partial charge on any atom is 0.573 e. The molecule has 19 heavy (non-hydrogen) atoms. The number of halogens is 4. The van der Waals surface area contributed by atoms with Gasteiger partial charge in [-0.1, -0.05) is 24.4 Å². The Labute approximate surface area is 110 Å². The number of hydrogen-bond acceptors (Lipinski definition) is 2. The van der Waals surface area contributed by atoms with Gasteiger partial charge >= 0.3 is 6.36 Å². The Morgan fingerprint density at radius 2 is 1.74 bits per heavy atom. The first-order chi connectivity index (χ1) is 8.85. The molecule has 0 fully saturated rings. The zero-order valence-electron chi connectivity index (χ0n) is 9.29. The van der Waals surface area contributed by atoms with Crippen LogP contribution in [0, 0.1) is 10.5 Å². The van der Waals surface area contributed by atoms with Crippen molar-refractivity contribution >= 4 is 12.2 Å². The number of hydrogen-bond donors (Lipinski definition) is 1. The van der Waals surface area contributed by atoms with E-state index in [4.69, 9.17) is 12.2 Å². The molecular weight excluding hydrogens is 282 g/mol. The van der Waals surface area contributed by atoms with Crippen molar-refractivity contribution in [2.75, 3.05) is 0 Å². The molecule has 2 aromatic rings. The fourth-order valence-electron chi connectivity index (χ4n) is 1.51. The Balaban J connectivity index is 2.33. The van der Waals surface area contributed by atoms with E-state index in [1.54, 1.807) is 0 Å². The molecule has 2 nitrogen and oxygen atoms in total. The van der Waals surface area contributed by atoms with Crippen LogP contribution in [0.4, 0.5) is 17.6 Å². The Morgan fingerprint density at radius 3 is 2.32 bits per heavy atom. The van der Waals surface area contributed by atoms with Crippen LogP contribution in [0.3, 0.4) is 0 Å². The van der Waals surface area contributed by atoms with Crippen molar-refractivity contribution in [3.63, 3.8) is 0 Å². The number of benzene rings is 1. The predicted molar refractivity (Wildman–Crippen MR) is 63.7 cm³/mol. The molecule has 0 aliphatic rings. The summed E-state index contributed by atoms with van der Waals surface area (Å²) in [7, 11) is 0. The van der Waals surface area contributed by atoms with E-state index in [2.05, 4.69) is 9.72 Å². The van der Waals surface area contributed by atoms with Crippen LogP contribution in [-0.4, -0.2) is 11.3 Å². The summed E-state index contributed by atoms with van der Waals surface area (Å²) in [6.07, 6.45) is -3.63. The fourth-order valence-corrected chi connectivity index (χ4v) is 1.74. The SMILES string of the molecule is Fc1c[nH]c(=S)c(-c2ccc(OC(F)(F)F)cc2)c1. The van der Waals surface area contributed by atoms with Crippen LogP contribution in [0.1, 0.15) is 0 Å². The molecule has 0 unspecified atom stereocenters. The van der Waals surface area contributed by atoms with Crippen LogP contribution in [0.15, 0.2) is 36.5 Å². The second kappa shape index (κ2) is 5.00. The molecule has 7 heteroatoms. The van der Waals surface area contributed by atoms with Crippen LogP contribution in [0.25, 0.3) is 11.1 Å². The summed E-state index contributed by atoms with van der Waals surface area (Å²) >= 11 is 4.98. The quantitative estimate of drug-likeness (QED) is 0.652. The van der Waals surface area contributed by atoms with E-state index in [1.165, 1.54) is 18.2 Å². The minimum absolute atomic E-state index is 0.297. The van der Waals surface area contributed by atoms with Crippen molar-refractivity contribution < 1.29 is 22.3 Å². The van der Waals surface area contributed by atoms with E-state index in [9.17, 15) is 17.6 Å². The maximum absolute atomic E-state index is 13.1. The molecule has 0 spiro atoms. The van der Waals surface area contributed by atoms with Gasteiger partial charge in [0, 0.05) is 11.8 Å². The molecule has 1 heterocycles. The molecule has 0 aliphatic carbocycles. The number of ether oxygens (including phenoxy) is 1. The van der Waals surface area contributed by atoms with Gasteiger partial charge in [0.1, 0.15) is 16.2 Å². The van der Waals surface area contributed by atoms with Gasteiger partial charge in [-0.25, -0.2) is 4.39 Å². The van der Waals surface area contributed by atoms with Crippen molar-refractivity contribution in [3.8, 4) is 16.9 Å². The summed E-state index contributed by atoms with van der Waals surface area (Å²) in [6, 6.07) is 6.24. The Bertz CT molecular complexity index is 633. The molecule has 0 atom stereocenters. The van der Waals surface area contributed by atoms with Crippen molar-refractivity contribution in [1.29, 1.82) is 0 Å². The minimum atomic E-state index is -4.74. The van der Waals surface area contributed by atoms with Gasteiger partial charge in [-0.3, -0.25) is 0 Å². The molecule has 0 amide bonds. The molecule has 0 saturated heterocycles. The van der Waals surface area contributed by atoms with Crippen LogP contribution < -0.4 is 4.74 Å². The highest BCUT2D eigenvalue weighted by Crippen LogP contribution is 2.26. The van der Waals surface area contributed by atoms with Crippen molar-refractivity contribution in [2.24, 2.45) is 0 Å². The molecule has 0 saturated carbocycles. The largest absolute Gasteiger partial charge is 0.573 e. The fraction of sp³-hybridized carbons (Fsp3) is 0.0833. The zero-order valence-corrected chi connectivity index (χ0v) is 10.1. The van der Waals surface area contributed by atoms with Gasteiger partial charge in [0.05, 0.1) is 0 Å². The van der Waals surface area contributed by atoms with Gasteiger partial charge < -0.3 is 9.72 Å². The van der Waals surface area contributed by atoms with E-state index in [0.29, 0.717) is 15.8 Å². The number of rotatable bonds is 2. The van der Waals surface area contributed by atoms with Crippen LogP contribution >= 0.6 is 12.2 Å². The van der Waals surface area contributed by atoms with E-state index < -0.39 is 12.2 Å². The molecule has 1 aromatic carbocycles. The lowest BCUT2D eigenvalue weighted by molar-refractivity contribution is -0.274. The smallest absolute Gasteiger partial charge is 0.406 e. The number of alkyl halides is 3. The number of H-pyrrole nitrogens is 1. The van der Waals surface area contributed by atoms with Gasteiger partial charge in [-0.05, 0) is 23.8 Å². The first kappa shape index (κ1) is 13.5. The third kappa shape index (κ3) is 3.54. The molecule has 100 valence electrons. The van der Waals surface area contributed by atoms with E-state index in [1.807, 2.05) is 0 Å². The first-order valence-corrected chi connectivity index (χ1v) is 5.50. The lowest BCUT2D eigenvalue weighted by atomic mass is 10.1. The number of pyridine rings is 1.